The van der Waals surface area contributed by atoms with Crippen LogP contribution in [0.25, 0.3) is 0 Å². The number of rotatable bonds is 3. The molecule has 0 radical (unpaired) electrons. The lowest BCUT2D eigenvalue weighted by atomic mass is 9.69. The first-order valence-electron chi connectivity index (χ1n) is 5.76. The minimum atomic E-state index is -0.362. The average molecular weight is 196 g/mol. The van der Waals surface area contributed by atoms with Gasteiger partial charge in [0.25, 0.3) is 0 Å². The third-order valence-corrected chi connectivity index (χ3v) is 3.88. The Morgan fingerprint density at radius 2 is 2.21 bits per heavy atom. The number of carbonyl (C=O) groups excluding carboxylic acids is 1. The lowest BCUT2D eigenvalue weighted by Gasteiger charge is -2.56. The van der Waals surface area contributed by atoms with E-state index in [1.165, 1.54) is 0 Å². The molecule has 2 fully saturated rings. The Hall–Kier alpha value is -0.370. The fourth-order valence-corrected chi connectivity index (χ4v) is 3.24. The number of Topliss-reactive ketones (excluding diaryl/α,β-unsaturated/α-hetero) is 1. The zero-order chi connectivity index (χ0) is 10.4. The van der Waals surface area contributed by atoms with Crippen LogP contribution in [0, 0.1) is 5.92 Å². The first-order chi connectivity index (χ1) is 6.53. The number of carbonyl (C=O) groups is 1. The van der Waals surface area contributed by atoms with Crippen LogP contribution in [0.5, 0.6) is 0 Å². The number of hydrogen-bond donors (Lipinski definition) is 0. The van der Waals surface area contributed by atoms with Gasteiger partial charge >= 0.3 is 0 Å². The summed E-state index contributed by atoms with van der Waals surface area (Å²) in [5, 5.41) is 0. The zero-order valence-corrected chi connectivity index (χ0v) is 9.43. The number of ether oxygens (including phenoxy) is 1. The van der Waals surface area contributed by atoms with Crippen molar-refractivity contribution in [3.63, 3.8) is 0 Å². The predicted molar refractivity (Wildman–Crippen MR) is 55.2 cm³/mol. The van der Waals surface area contributed by atoms with E-state index in [0.29, 0.717) is 11.7 Å². The van der Waals surface area contributed by atoms with E-state index >= 15 is 0 Å². The van der Waals surface area contributed by atoms with Crippen molar-refractivity contribution in [2.45, 2.75) is 64.1 Å². The molecule has 0 bridgehead atoms. The molecule has 1 saturated heterocycles. The van der Waals surface area contributed by atoms with Crippen molar-refractivity contribution in [3.05, 3.63) is 0 Å². The maximum Gasteiger partial charge on any atom is 0.165 e. The Morgan fingerprint density at radius 3 is 2.79 bits per heavy atom. The maximum atomic E-state index is 11.8. The van der Waals surface area contributed by atoms with Crippen LogP contribution in [0.15, 0.2) is 0 Å². The average Bonchev–Trinajstić information content (AvgIpc) is 2.37. The summed E-state index contributed by atoms with van der Waals surface area (Å²) in [6.45, 7) is 6.38. The topological polar surface area (TPSA) is 26.3 Å². The van der Waals surface area contributed by atoms with Gasteiger partial charge in [0.2, 0.25) is 0 Å². The summed E-state index contributed by atoms with van der Waals surface area (Å²) in [5.74, 6) is 0.837. The highest BCUT2D eigenvalue weighted by Crippen LogP contribution is 2.56. The van der Waals surface area contributed by atoms with E-state index < -0.39 is 0 Å². The lowest BCUT2D eigenvalue weighted by molar-refractivity contribution is -0.285. The molecule has 2 nitrogen and oxygen atoms in total. The number of ketones is 1. The summed E-state index contributed by atoms with van der Waals surface area (Å²) < 4.78 is 5.90. The first-order valence-corrected chi connectivity index (χ1v) is 5.76. The number of fused-ring (bicyclic) bond motifs is 1. The van der Waals surface area contributed by atoms with Gasteiger partial charge in [-0.1, -0.05) is 19.8 Å². The van der Waals surface area contributed by atoms with Gasteiger partial charge in [0.05, 0.1) is 5.60 Å². The highest BCUT2D eigenvalue weighted by Gasteiger charge is 2.66. The fraction of sp³-hybridized carbons (Fsp3) is 0.917. The second kappa shape index (κ2) is 3.06. The molecule has 80 valence electrons. The molecule has 2 atom stereocenters. The van der Waals surface area contributed by atoms with Crippen LogP contribution < -0.4 is 0 Å². The zero-order valence-electron chi connectivity index (χ0n) is 9.43. The Labute approximate surface area is 86.0 Å². The van der Waals surface area contributed by atoms with Gasteiger partial charge in [0.1, 0.15) is 5.60 Å². The second-order valence-electron chi connectivity index (χ2n) is 5.21. The van der Waals surface area contributed by atoms with Gasteiger partial charge in [0, 0.05) is 12.3 Å². The maximum absolute atomic E-state index is 11.8. The first kappa shape index (κ1) is 10.2. The standard InChI is InChI=1S/C12H20O2/c1-4-5-8-12-9(6-7-10(12)13)11(2,3)14-12/h9H,4-8H2,1-3H3. The molecule has 0 aromatic heterocycles. The van der Waals surface area contributed by atoms with E-state index in [1.807, 2.05) is 0 Å². The van der Waals surface area contributed by atoms with Gasteiger partial charge < -0.3 is 4.74 Å². The minimum Gasteiger partial charge on any atom is -0.361 e. The van der Waals surface area contributed by atoms with Crippen molar-refractivity contribution in [3.8, 4) is 0 Å². The largest absolute Gasteiger partial charge is 0.361 e. The Bertz CT molecular complexity index is 257. The Kier molecular flexibility index (Phi) is 2.22. The van der Waals surface area contributed by atoms with Crippen molar-refractivity contribution in [2.24, 2.45) is 5.92 Å². The molecule has 0 aromatic rings. The van der Waals surface area contributed by atoms with Crippen molar-refractivity contribution >= 4 is 5.78 Å². The molecule has 14 heavy (non-hydrogen) atoms. The van der Waals surface area contributed by atoms with Gasteiger partial charge in [-0.15, -0.1) is 0 Å². The fourth-order valence-electron chi connectivity index (χ4n) is 3.24. The van der Waals surface area contributed by atoms with E-state index in [9.17, 15) is 4.79 Å². The van der Waals surface area contributed by atoms with Gasteiger partial charge in [0.15, 0.2) is 5.78 Å². The molecule has 1 heterocycles. The van der Waals surface area contributed by atoms with E-state index in [0.717, 1.165) is 32.1 Å². The second-order valence-corrected chi connectivity index (χ2v) is 5.21. The van der Waals surface area contributed by atoms with Gasteiger partial charge in [-0.25, -0.2) is 0 Å². The SMILES string of the molecule is CCCCC12OC(C)(C)C1CCC2=O. The molecule has 1 aliphatic carbocycles. The predicted octanol–water partition coefficient (Wildman–Crippen LogP) is 2.70. The molecule has 1 aliphatic heterocycles. The van der Waals surface area contributed by atoms with Crippen LogP contribution in [0.3, 0.4) is 0 Å². The Balaban J connectivity index is 2.13. The van der Waals surface area contributed by atoms with Crippen LogP contribution in [0.1, 0.15) is 52.9 Å². The number of unbranched alkanes of at least 4 members (excludes halogenated alkanes) is 1. The third kappa shape index (κ3) is 1.16. The van der Waals surface area contributed by atoms with Crippen molar-refractivity contribution in [1.29, 1.82) is 0 Å². The van der Waals surface area contributed by atoms with E-state index in [4.69, 9.17) is 4.74 Å². The highest BCUT2D eigenvalue weighted by atomic mass is 16.6. The molecule has 2 rings (SSSR count). The third-order valence-electron chi connectivity index (χ3n) is 3.88. The molecule has 2 heteroatoms. The van der Waals surface area contributed by atoms with E-state index in [-0.39, 0.29) is 11.2 Å². The van der Waals surface area contributed by atoms with Crippen LogP contribution in [-0.2, 0) is 9.53 Å². The molecule has 1 saturated carbocycles. The summed E-state index contributed by atoms with van der Waals surface area (Å²) in [7, 11) is 0. The van der Waals surface area contributed by atoms with E-state index in [2.05, 4.69) is 20.8 Å². The molecule has 0 aromatic carbocycles. The van der Waals surface area contributed by atoms with Crippen molar-refractivity contribution < 1.29 is 9.53 Å². The molecule has 0 spiro atoms. The molecular weight excluding hydrogens is 176 g/mol. The van der Waals surface area contributed by atoms with Crippen LogP contribution in [0.2, 0.25) is 0 Å². The minimum absolute atomic E-state index is 0.0557. The lowest BCUT2D eigenvalue weighted by Crippen LogP contribution is -2.65. The summed E-state index contributed by atoms with van der Waals surface area (Å²) in [6.07, 6.45) is 4.97. The monoisotopic (exact) mass is 196 g/mol. The highest BCUT2D eigenvalue weighted by molar-refractivity contribution is 5.91. The summed E-state index contributed by atoms with van der Waals surface area (Å²) in [6, 6.07) is 0. The number of hydrogen-bond acceptors (Lipinski definition) is 2. The normalized spacial score (nSPS) is 39.4. The smallest absolute Gasteiger partial charge is 0.165 e. The molecule has 0 N–H and O–H groups in total. The van der Waals surface area contributed by atoms with Crippen LogP contribution in [-0.4, -0.2) is 17.0 Å². The van der Waals surface area contributed by atoms with Gasteiger partial charge in [-0.3, -0.25) is 4.79 Å². The van der Waals surface area contributed by atoms with E-state index in [1.54, 1.807) is 0 Å². The van der Waals surface area contributed by atoms with Crippen molar-refractivity contribution in [1.82, 2.24) is 0 Å². The molecule has 2 unspecified atom stereocenters. The van der Waals surface area contributed by atoms with Crippen molar-refractivity contribution in [2.75, 3.05) is 0 Å². The molecular formula is C12H20O2. The summed E-state index contributed by atoms with van der Waals surface area (Å²) in [5.41, 5.74) is -0.417. The van der Waals surface area contributed by atoms with Gasteiger partial charge in [-0.2, -0.15) is 0 Å². The molecule has 0 amide bonds. The van der Waals surface area contributed by atoms with Gasteiger partial charge in [-0.05, 0) is 26.7 Å². The van der Waals surface area contributed by atoms with Crippen LogP contribution in [0.4, 0.5) is 0 Å². The van der Waals surface area contributed by atoms with Crippen LogP contribution >= 0.6 is 0 Å². The quantitative estimate of drug-likeness (QED) is 0.693. The Morgan fingerprint density at radius 1 is 1.50 bits per heavy atom. The summed E-state index contributed by atoms with van der Waals surface area (Å²) >= 11 is 0. The summed E-state index contributed by atoms with van der Waals surface area (Å²) in [4.78, 5) is 11.8. The molecule has 2 aliphatic rings.